The van der Waals surface area contributed by atoms with Crippen LogP contribution < -0.4 is 16.4 Å². The molecule has 0 aliphatic carbocycles. The summed E-state index contributed by atoms with van der Waals surface area (Å²) in [5.74, 6) is -4.23. The predicted octanol–water partition coefficient (Wildman–Crippen LogP) is 3.31. The summed E-state index contributed by atoms with van der Waals surface area (Å²) < 4.78 is 26.3. The van der Waals surface area contributed by atoms with Crippen molar-refractivity contribution >= 4 is 40.6 Å². The summed E-state index contributed by atoms with van der Waals surface area (Å²) in [6, 6.07) is 8.57. The lowest BCUT2D eigenvalue weighted by atomic mass is 10.1. The number of halogens is 3. The molecule has 0 saturated carbocycles. The van der Waals surface area contributed by atoms with Crippen LogP contribution in [-0.2, 0) is 6.42 Å². The molecule has 0 spiro atoms. The lowest BCUT2D eigenvalue weighted by molar-refractivity contribution is 0.0119. The van der Waals surface area contributed by atoms with Crippen molar-refractivity contribution in [2.24, 2.45) is 5.73 Å². The number of hydrogen-bond donors (Lipinski definition) is 3. The second kappa shape index (κ2) is 9.61. The second-order valence-corrected chi connectivity index (χ2v) is 6.33. The van der Waals surface area contributed by atoms with Gasteiger partial charge in [0.25, 0.3) is 17.7 Å². The second-order valence-electron chi connectivity index (χ2n) is 5.41. The first-order valence-electron chi connectivity index (χ1n) is 7.70. The van der Waals surface area contributed by atoms with Gasteiger partial charge in [0.1, 0.15) is 5.00 Å². The number of nitrogens with one attached hydrogen (secondary N) is 2. The topological polar surface area (TPSA) is 84.2 Å². The maximum absolute atomic E-state index is 13.1. The smallest absolute Gasteiger partial charge is 0.277 e. The van der Waals surface area contributed by atoms with Crippen LogP contribution in [0.1, 0.15) is 33.2 Å². The maximum atomic E-state index is 13.1. The predicted molar refractivity (Wildman–Crippen MR) is 102 cm³/mol. The van der Waals surface area contributed by atoms with Crippen molar-refractivity contribution in [1.29, 1.82) is 0 Å². The highest BCUT2D eigenvalue weighted by Crippen LogP contribution is 2.24. The fourth-order valence-electron chi connectivity index (χ4n) is 2.03. The Labute approximate surface area is 160 Å². The zero-order valence-electron chi connectivity index (χ0n) is 14.1. The number of benzene rings is 1. The highest BCUT2D eigenvalue weighted by atomic mass is 35.5. The van der Waals surface area contributed by atoms with Gasteiger partial charge in [0, 0.05) is 5.56 Å². The standard InChI is InChI=1S/C17H19F2N3O2S.ClH/c1-2-11-3-5-12(6-4-11)14(23)22-16-13(7-8-25-16)15(24)21-10-17(18,19)9-20;/h3-8H,2,9-10,20H2,1H3,(H,21,24)(H,22,23);1H. The Morgan fingerprint density at radius 2 is 1.81 bits per heavy atom. The van der Waals surface area contributed by atoms with Gasteiger partial charge in [0.2, 0.25) is 0 Å². The molecule has 0 atom stereocenters. The van der Waals surface area contributed by atoms with E-state index in [0.717, 1.165) is 23.3 Å². The van der Waals surface area contributed by atoms with Crippen molar-refractivity contribution in [1.82, 2.24) is 5.32 Å². The number of alkyl halides is 2. The van der Waals surface area contributed by atoms with E-state index in [4.69, 9.17) is 5.73 Å². The Bertz CT molecular complexity index is 751. The van der Waals surface area contributed by atoms with Crippen LogP contribution in [0.3, 0.4) is 0 Å². The number of anilines is 1. The number of hydrogen-bond acceptors (Lipinski definition) is 4. The van der Waals surface area contributed by atoms with Crippen molar-refractivity contribution < 1.29 is 18.4 Å². The number of thiophene rings is 1. The van der Waals surface area contributed by atoms with Gasteiger partial charge in [-0.15, -0.1) is 23.7 Å². The first-order valence-corrected chi connectivity index (χ1v) is 8.58. The van der Waals surface area contributed by atoms with E-state index in [2.05, 4.69) is 10.6 Å². The van der Waals surface area contributed by atoms with Crippen LogP contribution in [0.25, 0.3) is 0 Å². The minimum atomic E-state index is -3.17. The minimum Gasteiger partial charge on any atom is -0.346 e. The SMILES string of the molecule is CCc1ccc(C(=O)Nc2sccc2C(=O)NCC(F)(F)CN)cc1.Cl. The van der Waals surface area contributed by atoms with Crippen LogP contribution in [0.2, 0.25) is 0 Å². The molecule has 0 radical (unpaired) electrons. The average molecular weight is 404 g/mol. The van der Waals surface area contributed by atoms with Crippen LogP contribution in [-0.4, -0.2) is 30.8 Å². The first kappa shape index (κ1) is 22.0. The van der Waals surface area contributed by atoms with Crippen LogP contribution >= 0.6 is 23.7 Å². The Morgan fingerprint density at radius 3 is 2.38 bits per heavy atom. The summed E-state index contributed by atoms with van der Waals surface area (Å²) in [5, 5.41) is 6.68. The molecule has 4 N–H and O–H groups in total. The molecule has 1 heterocycles. The van der Waals surface area contributed by atoms with E-state index in [1.165, 1.54) is 6.07 Å². The van der Waals surface area contributed by atoms with E-state index in [1.54, 1.807) is 17.5 Å². The largest absolute Gasteiger partial charge is 0.346 e. The van der Waals surface area contributed by atoms with Gasteiger partial charge in [0.15, 0.2) is 0 Å². The molecule has 1 aromatic carbocycles. The van der Waals surface area contributed by atoms with Crippen molar-refractivity contribution in [3.05, 3.63) is 52.4 Å². The van der Waals surface area contributed by atoms with Crippen molar-refractivity contribution in [2.75, 3.05) is 18.4 Å². The number of nitrogens with two attached hydrogens (primary N) is 1. The van der Waals surface area contributed by atoms with Crippen LogP contribution in [0.4, 0.5) is 13.8 Å². The molecule has 142 valence electrons. The third-order valence-corrected chi connectivity index (χ3v) is 4.40. The van der Waals surface area contributed by atoms with E-state index in [1.807, 2.05) is 19.1 Å². The molecule has 2 amide bonds. The van der Waals surface area contributed by atoms with Gasteiger partial charge in [-0.1, -0.05) is 19.1 Å². The lowest BCUT2D eigenvalue weighted by Gasteiger charge is -2.14. The molecule has 0 bridgehead atoms. The quantitative estimate of drug-likeness (QED) is 0.663. The third kappa shape index (κ3) is 5.76. The summed E-state index contributed by atoms with van der Waals surface area (Å²) in [6.07, 6.45) is 0.866. The van der Waals surface area contributed by atoms with Gasteiger partial charge in [0.05, 0.1) is 18.7 Å². The molecule has 0 aliphatic heterocycles. The van der Waals surface area contributed by atoms with Crippen LogP contribution in [0.15, 0.2) is 35.7 Å². The molecule has 1 aromatic heterocycles. The lowest BCUT2D eigenvalue weighted by Crippen LogP contribution is -2.41. The van der Waals surface area contributed by atoms with Crippen molar-refractivity contribution in [3.63, 3.8) is 0 Å². The molecule has 2 rings (SSSR count). The highest BCUT2D eigenvalue weighted by Gasteiger charge is 2.28. The highest BCUT2D eigenvalue weighted by molar-refractivity contribution is 7.14. The molecule has 0 fully saturated rings. The van der Waals surface area contributed by atoms with Gasteiger partial charge in [-0.05, 0) is 35.6 Å². The number of rotatable bonds is 7. The van der Waals surface area contributed by atoms with E-state index < -0.39 is 24.9 Å². The van der Waals surface area contributed by atoms with Gasteiger partial charge in [-0.3, -0.25) is 9.59 Å². The molecule has 26 heavy (non-hydrogen) atoms. The number of amides is 2. The fraction of sp³-hybridized carbons (Fsp3) is 0.294. The average Bonchev–Trinajstić information content (AvgIpc) is 3.08. The van der Waals surface area contributed by atoms with E-state index in [0.29, 0.717) is 10.6 Å². The summed E-state index contributed by atoms with van der Waals surface area (Å²) >= 11 is 1.14. The molecule has 9 heteroatoms. The molecule has 0 aliphatic rings. The van der Waals surface area contributed by atoms with Crippen molar-refractivity contribution in [2.45, 2.75) is 19.3 Å². The summed E-state index contributed by atoms with van der Waals surface area (Å²) in [5.41, 5.74) is 6.63. The molecular weight excluding hydrogens is 384 g/mol. The molecular formula is C17H20ClF2N3O2S. The fourth-order valence-corrected chi connectivity index (χ4v) is 2.81. The van der Waals surface area contributed by atoms with Gasteiger partial charge >= 0.3 is 0 Å². The molecule has 5 nitrogen and oxygen atoms in total. The Kier molecular flexibility index (Phi) is 8.13. The van der Waals surface area contributed by atoms with Crippen molar-refractivity contribution in [3.8, 4) is 0 Å². The number of carbonyl (C=O) groups is 2. The first-order chi connectivity index (χ1) is 11.9. The number of aryl methyl sites for hydroxylation is 1. The maximum Gasteiger partial charge on any atom is 0.277 e. The van der Waals surface area contributed by atoms with E-state index in [9.17, 15) is 18.4 Å². The Morgan fingerprint density at radius 1 is 1.15 bits per heavy atom. The zero-order chi connectivity index (χ0) is 18.4. The monoisotopic (exact) mass is 403 g/mol. The summed E-state index contributed by atoms with van der Waals surface area (Å²) in [6.45, 7) is 0.304. The Balaban J connectivity index is 0.00000338. The Hall–Kier alpha value is -2.03. The summed E-state index contributed by atoms with van der Waals surface area (Å²) in [7, 11) is 0. The van der Waals surface area contributed by atoms with E-state index >= 15 is 0 Å². The summed E-state index contributed by atoms with van der Waals surface area (Å²) in [4.78, 5) is 24.3. The van der Waals surface area contributed by atoms with Crippen LogP contribution in [0, 0.1) is 0 Å². The minimum absolute atomic E-state index is 0. The van der Waals surface area contributed by atoms with Crippen LogP contribution in [0.5, 0.6) is 0 Å². The van der Waals surface area contributed by atoms with Gasteiger partial charge in [-0.25, -0.2) is 8.78 Å². The number of carbonyl (C=O) groups excluding carboxylic acids is 2. The van der Waals surface area contributed by atoms with E-state index in [-0.39, 0.29) is 23.9 Å². The van der Waals surface area contributed by atoms with Gasteiger partial charge in [-0.2, -0.15) is 0 Å². The third-order valence-electron chi connectivity index (χ3n) is 3.57. The molecule has 0 unspecified atom stereocenters. The van der Waals surface area contributed by atoms with Gasteiger partial charge < -0.3 is 16.4 Å². The normalized spacial score (nSPS) is 10.8. The molecule has 0 saturated heterocycles. The zero-order valence-corrected chi connectivity index (χ0v) is 15.7. The molecule has 2 aromatic rings.